The van der Waals surface area contributed by atoms with E-state index in [1.54, 1.807) is 55.5 Å². The lowest BCUT2D eigenvalue weighted by Gasteiger charge is -2.55. The van der Waals surface area contributed by atoms with Crippen LogP contribution >= 0.6 is 0 Å². The molecule has 0 fully saturated rings. The lowest BCUT2D eigenvalue weighted by Crippen LogP contribution is -2.64. The molecule has 144 valence electrons. The molecule has 1 amide bonds. The van der Waals surface area contributed by atoms with Crippen LogP contribution in [0.15, 0.2) is 48.5 Å². The Labute approximate surface area is 160 Å². The van der Waals surface area contributed by atoms with Crippen molar-refractivity contribution >= 4 is 18.0 Å². The molecule has 2 atom stereocenters. The zero-order chi connectivity index (χ0) is 20.1. The molecule has 0 saturated carbocycles. The number of rotatable bonds is 4. The number of carboxylic acids is 2. The molecule has 0 heterocycles. The normalized spacial score (nSPS) is 26.7. The van der Waals surface area contributed by atoms with Gasteiger partial charge in [0.25, 0.3) is 0 Å². The van der Waals surface area contributed by atoms with E-state index in [-0.39, 0.29) is 6.61 Å². The lowest BCUT2D eigenvalue weighted by molar-refractivity contribution is -0.159. The van der Waals surface area contributed by atoms with Crippen molar-refractivity contribution in [3.8, 4) is 0 Å². The van der Waals surface area contributed by atoms with Crippen LogP contribution in [0.5, 0.6) is 0 Å². The first-order valence-electron chi connectivity index (χ1n) is 9.02. The number of carboxylic acid groups (broad SMARTS) is 2. The van der Waals surface area contributed by atoms with Crippen molar-refractivity contribution in [2.24, 2.45) is 11.8 Å². The average Bonchev–Trinajstić information content (AvgIpc) is 2.67. The first kappa shape index (κ1) is 18.0. The summed E-state index contributed by atoms with van der Waals surface area (Å²) < 4.78 is 5.05. The van der Waals surface area contributed by atoms with E-state index < -0.39 is 41.3 Å². The molecule has 3 aliphatic carbocycles. The first-order chi connectivity index (χ1) is 13.4. The van der Waals surface area contributed by atoms with Crippen LogP contribution in [0.2, 0.25) is 0 Å². The summed E-state index contributed by atoms with van der Waals surface area (Å²) in [6, 6.07) is 14.2. The fourth-order valence-electron chi connectivity index (χ4n) is 4.92. The van der Waals surface area contributed by atoms with Gasteiger partial charge < -0.3 is 20.3 Å². The van der Waals surface area contributed by atoms with Gasteiger partial charge in [-0.15, -0.1) is 0 Å². The molecule has 3 N–H and O–H groups in total. The van der Waals surface area contributed by atoms with E-state index in [0.29, 0.717) is 22.3 Å². The Morgan fingerprint density at radius 3 is 1.96 bits per heavy atom. The summed E-state index contributed by atoms with van der Waals surface area (Å²) in [4.78, 5) is 37.1. The van der Waals surface area contributed by atoms with E-state index in [2.05, 4.69) is 5.32 Å². The predicted molar refractivity (Wildman–Crippen MR) is 97.9 cm³/mol. The molecule has 0 aliphatic heterocycles. The highest BCUT2D eigenvalue weighted by Gasteiger charge is 2.64. The third kappa shape index (κ3) is 2.25. The largest absolute Gasteiger partial charge is 0.481 e. The van der Waals surface area contributed by atoms with Crippen LogP contribution in [0.3, 0.4) is 0 Å². The third-order valence-corrected chi connectivity index (χ3v) is 5.75. The second kappa shape index (κ2) is 6.37. The fourth-order valence-corrected chi connectivity index (χ4v) is 4.92. The number of hydrogen-bond donors (Lipinski definition) is 3. The minimum absolute atomic E-state index is 0.105. The summed E-state index contributed by atoms with van der Waals surface area (Å²) >= 11 is 0. The van der Waals surface area contributed by atoms with E-state index >= 15 is 0 Å². The van der Waals surface area contributed by atoms with Crippen LogP contribution in [0.25, 0.3) is 0 Å². The van der Waals surface area contributed by atoms with Gasteiger partial charge in [-0.3, -0.25) is 9.59 Å². The van der Waals surface area contributed by atoms with Crippen LogP contribution in [-0.4, -0.2) is 34.9 Å². The average molecular weight is 381 g/mol. The minimum Gasteiger partial charge on any atom is -0.481 e. The predicted octanol–water partition coefficient (Wildman–Crippen LogP) is 2.54. The highest BCUT2D eigenvalue weighted by atomic mass is 16.5. The zero-order valence-corrected chi connectivity index (χ0v) is 15.1. The Kier molecular flexibility index (Phi) is 4.10. The van der Waals surface area contributed by atoms with Crippen molar-refractivity contribution in [3.63, 3.8) is 0 Å². The Hall–Kier alpha value is -3.35. The maximum Gasteiger partial charge on any atom is 0.408 e. The molecule has 0 spiro atoms. The SMILES string of the molecule is CCOC(=O)NC12c3ccccc3C(c3ccccc31)C(C(=O)O)C2C(=O)O. The number of ether oxygens (including phenoxy) is 1. The topological polar surface area (TPSA) is 113 Å². The third-order valence-electron chi connectivity index (χ3n) is 5.75. The van der Waals surface area contributed by atoms with Crippen molar-refractivity contribution in [3.05, 3.63) is 70.8 Å². The summed E-state index contributed by atoms with van der Waals surface area (Å²) in [7, 11) is 0. The maximum atomic E-state index is 12.5. The Morgan fingerprint density at radius 2 is 1.50 bits per heavy atom. The molecule has 28 heavy (non-hydrogen) atoms. The van der Waals surface area contributed by atoms with Gasteiger partial charge in [-0.25, -0.2) is 4.79 Å². The van der Waals surface area contributed by atoms with Crippen LogP contribution in [0.4, 0.5) is 4.79 Å². The van der Waals surface area contributed by atoms with Crippen LogP contribution in [0.1, 0.15) is 35.1 Å². The number of hydrogen-bond acceptors (Lipinski definition) is 4. The Bertz CT molecular complexity index is 937. The van der Waals surface area contributed by atoms with Crippen LogP contribution < -0.4 is 5.32 Å². The van der Waals surface area contributed by atoms with E-state index in [4.69, 9.17) is 4.74 Å². The number of alkyl carbamates (subject to hydrolysis) is 1. The highest BCUT2D eigenvalue weighted by Crippen LogP contribution is 2.60. The fraction of sp³-hybridized carbons (Fsp3) is 0.286. The lowest BCUT2D eigenvalue weighted by atomic mass is 9.50. The highest BCUT2D eigenvalue weighted by molar-refractivity contribution is 5.89. The monoisotopic (exact) mass is 381 g/mol. The van der Waals surface area contributed by atoms with Crippen molar-refractivity contribution in [2.45, 2.75) is 18.4 Å². The molecule has 7 heteroatoms. The molecule has 2 aromatic rings. The minimum atomic E-state index is -1.54. The van der Waals surface area contributed by atoms with E-state index in [0.717, 1.165) is 0 Å². The van der Waals surface area contributed by atoms with Crippen molar-refractivity contribution in [2.75, 3.05) is 6.61 Å². The second-order valence-corrected chi connectivity index (χ2v) is 6.99. The quantitative estimate of drug-likeness (QED) is 0.750. The van der Waals surface area contributed by atoms with E-state index in [1.165, 1.54) is 0 Å². The molecule has 0 saturated heterocycles. The number of fused-ring (bicyclic) bond motifs is 1. The molecule has 2 aromatic carbocycles. The summed E-state index contributed by atoms with van der Waals surface area (Å²) in [5.41, 5.74) is 1.07. The molecular weight excluding hydrogens is 362 g/mol. The van der Waals surface area contributed by atoms with Gasteiger partial charge in [-0.2, -0.15) is 0 Å². The molecular formula is C21H19NO6. The molecule has 2 bridgehead atoms. The van der Waals surface area contributed by atoms with Crippen molar-refractivity contribution in [1.29, 1.82) is 0 Å². The number of nitrogens with one attached hydrogen (secondary N) is 1. The van der Waals surface area contributed by atoms with E-state index in [9.17, 15) is 24.6 Å². The molecule has 7 nitrogen and oxygen atoms in total. The smallest absolute Gasteiger partial charge is 0.408 e. The number of carbonyl (C=O) groups excluding carboxylic acids is 1. The van der Waals surface area contributed by atoms with Crippen molar-refractivity contribution in [1.82, 2.24) is 5.32 Å². The molecule has 2 unspecified atom stereocenters. The van der Waals surface area contributed by atoms with Gasteiger partial charge in [0.15, 0.2) is 0 Å². The zero-order valence-electron chi connectivity index (χ0n) is 15.1. The number of benzene rings is 2. The Morgan fingerprint density at radius 1 is 0.964 bits per heavy atom. The summed E-state index contributed by atoms with van der Waals surface area (Å²) in [5, 5.41) is 22.8. The van der Waals surface area contributed by atoms with Gasteiger partial charge in [0, 0.05) is 5.92 Å². The van der Waals surface area contributed by atoms with Crippen LogP contribution in [-0.2, 0) is 19.9 Å². The first-order valence-corrected chi connectivity index (χ1v) is 9.02. The van der Waals surface area contributed by atoms with E-state index in [1.807, 2.05) is 0 Å². The molecule has 0 radical (unpaired) electrons. The van der Waals surface area contributed by atoms with Gasteiger partial charge in [0.05, 0.1) is 12.5 Å². The molecule has 3 aliphatic rings. The number of aliphatic carboxylic acids is 2. The van der Waals surface area contributed by atoms with Crippen molar-refractivity contribution < 1.29 is 29.3 Å². The van der Waals surface area contributed by atoms with Gasteiger partial charge in [-0.1, -0.05) is 48.5 Å². The summed E-state index contributed by atoms with van der Waals surface area (Å²) in [5.74, 6) is -5.72. The van der Waals surface area contributed by atoms with Gasteiger partial charge in [-0.05, 0) is 29.2 Å². The van der Waals surface area contributed by atoms with Crippen LogP contribution in [0, 0.1) is 11.8 Å². The number of amides is 1. The van der Waals surface area contributed by atoms with Gasteiger partial charge in [0.2, 0.25) is 0 Å². The second-order valence-electron chi connectivity index (χ2n) is 6.99. The molecule has 5 rings (SSSR count). The maximum absolute atomic E-state index is 12.5. The standard InChI is InChI=1S/C21H19NO6/c1-2-28-20(27)22-21-13-9-5-3-7-11(13)15(12-8-4-6-10-14(12)21)16(18(23)24)17(21)19(25)26/h3-10,15-17H,2H2,1H3,(H,22,27)(H,23,24)(H,25,26). The van der Waals surface area contributed by atoms with Gasteiger partial charge >= 0.3 is 18.0 Å². The Balaban J connectivity index is 2.09. The van der Waals surface area contributed by atoms with Gasteiger partial charge in [0.1, 0.15) is 11.5 Å². The summed E-state index contributed by atoms with van der Waals surface area (Å²) in [6.07, 6.45) is -0.789. The number of carbonyl (C=O) groups is 3. The summed E-state index contributed by atoms with van der Waals surface area (Å²) in [6.45, 7) is 1.75. The molecule has 0 aromatic heterocycles.